The van der Waals surface area contributed by atoms with Gasteiger partial charge in [0.1, 0.15) is 5.69 Å². The molecule has 0 radical (unpaired) electrons. The van der Waals surface area contributed by atoms with Gasteiger partial charge in [0.05, 0.1) is 39.9 Å². The maximum absolute atomic E-state index is 12.2. The van der Waals surface area contributed by atoms with Gasteiger partial charge in [-0.3, -0.25) is 4.98 Å². The van der Waals surface area contributed by atoms with Crippen LogP contribution in [0.1, 0.15) is 66.3 Å². The van der Waals surface area contributed by atoms with Crippen molar-refractivity contribution in [1.29, 1.82) is 0 Å². The average molecular weight is 353 g/mol. The summed E-state index contributed by atoms with van der Waals surface area (Å²) in [7, 11) is 0. The highest BCUT2D eigenvalue weighted by Crippen LogP contribution is 2.14. The first-order valence-corrected chi connectivity index (χ1v) is 8.65. The minimum atomic E-state index is -0.514. The summed E-state index contributed by atoms with van der Waals surface area (Å²) in [6, 6.07) is 0. The lowest BCUT2D eigenvalue weighted by atomic mass is 10.1. The second-order valence-corrected chi connectivity index (χ2v) is 7.49. The summed E-state index contributed by atoms with van der Waals surface area (Å²) >= 11 is 0. The third kappa shape index (κ3) is 4.50. The van der Waals surface area contributed by atoms with Crippen molar-refractivity contribution in [3.63, 3.8) is 0 Å². The Morgan fingerprint density at radius 2 is 1.04 bits per heavy atom. The Labute approximate surface area is 155 Å². The second kappa shape index (κ2) is 7.32. The standard InChI is InChI=1S/C20H27N5O/c1-12-13(2)22-17(14(3)21-12)9-10-18-15(4)24-19(16(5)23-18)11-25(26)20(6,7)8/h9-11H,1-8H3/b10-9+,25-11-. The molecule has 26 heavy (non-hydrogen) atoms. The number of hydrogen-bond donors (Lipinski definition) is 0. The largest absolute Gasteiger partial charge is 0.623 e. The van der Waals surface area contributed by atoms with Gasteiger partial charge in [0, 0.05) is 20.8 Å². The molecule has 0 atom stereocenters. The zero-order valence-corrected chi connectivity index (χ0v) is 16.9. The molecule has 0 saturated carbocycles. The molecule has 0 aliphatic heterocycles. The predicted molar refractivity (Wildman–Crippen MR) is 105 cm³/mol. The lowest BCUT2D eigenvalue weighted by molar-refractivity contribution is -0.530. The van der Waals surface area contributed by atoms with E-state index in [9.17, 15) is 5.21 Å². The number of rotatable bonds is 3. The Bertz CT molecular complexity index is 892. The highest BCUT2D eigenvalue weighted by atomic mass is 16.5. The van der Waals surface area contributed by atoms with Crippen LogP contribution in [0.2, 0.25) is 0 Å². The van der Waals surface area contributed by atoms with Gasteiger partial charge in [-0.2, -0.15) is 0 Å². The molecular formula is C20H27N5O. The van der Waals surface area contributed by atoms with Crippen molar-refractivity contribution < 1.29 is 4.74 Å². The molecule has 0 aliphatic rings. The quantitative estimate of drug-likeness (QED) is 0.364. The van der Waals surface area contributed by atoms with E-state index in [1.54, 1.807) is 0 Å². The molecule has 0 spiro atoms. The van der Waals surface area contributed by atoms with Crippen molar-refractivity contribution in [1.82, 2.24) is 19.9 Å². The first-order valence-electron chi connectivity index (χ1n) is 8.65. The fourth-order valence-electron chi connectivity index (χ4n) is 2.27. The van der Waals surface area contributed by atoms with Gasteiger partial charge in [-0.05, 0) is 46.8 Å². The highest BCUT2D eigenvalue weighted by molar-refractivity contribution is 5.75. The Kier molecular flexibility index (Phi) is 5.54. The molecule has 2 aromatic heterocycles. The third-order valence-corrected chi connectivity index (χ3v) is 4.14. The maximum Gasteiger partial charge on any atom is 0.202 e. The van der Waals surface area contributed by atoms with Crippen molar-refractivity contribution in [2.24, 2.45) is 0 Å². The highest BCUT2D eigenvalue weighted by Gasteiger charge is 2.19. The van der Waals surface area contributed by atoms with E-state index in [1.165, 1.54) is 6.21 Å². The summed E-state index contributed by atoms with van der Waals surface area (Å²) < 4.78 is 0.910. The summed E-state index contributed by atoms with van der Waals surface area (Å²) in [5, 5.41) is 12.2. The van der Waals surface area contributed by atoms with Crippen molar-refractivity contribution in [2.45, 2.75) is 60.9 Å². The molecule has 0 aliphatic carbocycles. The fourth-order valence-corrected chi connectivity index (χ4v) is 2.27. The lowest BCUT2D eigenvalue weighted by Crippen LogP contribution is -2.29. The van der Waals surface area contributed by atoms with E-state index >= 15 is 0 Å². The van der Waals surface area contributed by atoms with Gasteiger partial charge < -0.3 is 5.21 Å². The lowest BCUT2D eigenvalue weighted by Gasteiger charge is -2.18. The Morgan fingerprint density at radius 1 is 0.654 bits per heavy atom. The first-order chi connectivity index (χ1) is 12.0. The van der Waals surface area contributed by atoms with Crippen LogP contribution in [0.15, 0.2) is 0 Å². The molecule has 2 rings (SSSR count). The smallest absolute Gasteiger partial charge is 0.202 e. The van der Waals surface area contributed by atoms with Crippen LogP contribution in [0.4, 0.5) is 0 Å². The van der Waals surface area contributed by atoms with Gasteiger partial charge in [-0.15, -0.1) is 0 Å². The van der Waals surface area contributed by atoms with Gasteiger partial charge in [0.25, 0.3) is 0 Å². The normalized spacial score (nSPS) is 12.8. The summed E-state index contributed by atoms with van der Waals surface area (Å²) in [5.74, 6) is 0. The summed E-state index contributed by atoms with van der Waals surface area (Å²) in [4.78, 5) is 18.2. The van der Waals surface area contributed by atoms with Crippen LogP contribution >= 0.6 is 0 Å². The van der Waals surface area contributed by atoms with Crippen LogP contribution in [-0.2, 0) is 0 Å². The van der Waals surface area contributed by atoms with Crippen LogP contribution in [0.3, 0.4) is 0 Å². The number of aromatic nitrogens is 4. The fraction of sp³-hybridized carbons (Fsp3) is 0.450. The average Bonchev–Trinajstić information content (AvgIpc) is 2.52. The topological polar surface area (TPSA) is 77.6 Å². The molecule has 0 amide bonds. The van der Waals surface area contributed by atoms with Crippen molar-refractivity contribution in [3.8, 4) is 0 Å². The summed E-state index contributed by atoms with van der Waals surface area (Å²) in [6.45, 7) is 15.2. The molecule has 0 saturated heterocycles. The van der Waals surface area contributed by atoms with Crippen LogP contribution < -0.4 is 0 Å². The molecule has 138 valence electrons. The van der Waals surface area contributed by atoms with Crippen molar-refractivity contribution >= 4 is 18.4 Å². The van der Waals surface area contributed by atoms with E-state index in [0.717, 1.165) is 38.9 Å². The van der Waals surface area contributed by atoms with Crippen molar-refractivity contribution in [3.05, 3.63) is 50.8 Å². The van der Waals surface area contributed by atoms with E-state index in [0.29, 0.717) is 11.4 Å². The van der Waals surface area contributed by atoms with Gasteiger partial charge in [0.2, 0.25) is 6.21 Å². The van der Waals surface area contributed by atoms with E-state index in [-0.39, 0.29) is 0 Å². The second-order valence-electron chi connectivity index (χ2n) is 7.49. The zero-order valence-electron chi connectivity index (χ0n) is 16.9. The van der Waals surface area contributed by atoms with Gasteiger partial charge >= 0.3 is 0 Å². The molecule has 6 heteroatoms. The number of hydroxylamine groups is 1. The minimum Gasteiger partial charge on any atom is -0.623 e. The van der Waals surface area contributed by atoms with Crippen LogP contribution in [0.25, 0.3) is 12.2 Å². The first kappa shape index (κ1) is 19.7. The molecule has 0 N–H and O–H groups in total. The van der Waals surface area contributed by atoms with E-state index < -0.39 is 5.54 Å². The molecular weight excluding hydrogens is 326 g/mol. The zero-order chi connectivity index (χ0) is 19.6. The van der Waals surface area contributed by atoms with Gasteiger partial charge in [-0.1, -0.05) is 0 Å². The Hall–Kier alpha value is -2.63. The number of nitrogens with zero attached hydrogens (tertiary/aromatic N) is 5. The summed E-state index contributed by atoms with van der Waals surface area (Å²) in [5.41, 5.74) is 5.85. The SMILES string of the molecule is Cc1nc(C)c(/C=C/c2nc(C)c(/C=[N+](\[O-])C(C)(C)C)nc2C)nc1C. The maximum atomic E-state index is 12.2. The van der Waals surface area contributed by atoms with E-state index in [4.69, 9.17) is 0 Å². The molecule has 0 aromatic carbocycles. The molecule has 2 heterocycles. The van der Waals surface area contributed by atoms with Crippen LogP contribution in [-0.4, -0.2) is 36.4 Å². The molecule has 0 fully saturated rings. The third-order valence-electron chi connectivity index (χ3n) is 4.14. The molecule has 0 bridgehead atoms. The molecule has 0 unspecified atom stereocenters. The predicted octanol–water partition coefficient (Wildman–Crippen LogP) is 3.71. The number of hydrogen-bond acceptors (Lipinski definition) is 5. The Morgan fingerprint density at radius 3 is 1.58 bits per heavy atom. The minimum absolute atomic E-state index is 0.514. The Balaban J connectivity index is 2.38. The van der Waals surface area contributed by atoms with Gasteiger partial charge in [-0.25, -0.2) is 19.7 Å². The monoisotopic (exact) mass is 353 g/mol. The van der Waals surface area contributed by atoms with E-state index in [2.05, 4.69) is 19.9 Å². The van der Waals surface area contributed by atoms with E-state index in [1.807, 2.05) is 67.5 Å². The van der Waals surface area contributed by atoms with Gasteiger partial charge in [0.15, 0.2) is 5.54 Å². The number of aryl methyl sites for hydroxylation is 5. The van der Waals surface area contributed by atoms with Crippen LogP contribution in [0.5, 0.6) is 0 Å². The molecule has 6 nitrogen and oxygen atoms in total. The van der Waals surface area contributed by atoms with Crippen LogP contribution in [0, 0.1) is 39.8 Å². The van der Waals surface area contributed by atoms with Crippen molar-refractivity contribution in [2.75, 3.05) is 0 Å². The summed E-state index contributed by atoms with van der Waals surface area (Å²) in [6.07, 6.45) is 5.30. The molecule has 2 aromatic rings.